The van der Waals surface area contributed by atoms with Crippen LogP contribution in [0.1, 0.15) is 32.3 Å². The summed E-state index contributed by atoms with van der Waals surface area (Å²) in [4.78, 5) is 6.37. The molecule has 3 nitrogen and oxygen atoms in total. The molecule has 1 aromatic heterocycles. The highest BCUT2D eigenvalue weighted by Gasteiger charge is 2.29. The minimum Gasteiger partial charge on any atom is -0.352 e. The largest absolute Gasteiger partial charge is 0.352 e. The van der Waals surface area contributed by atoms with Crippen LogP contribution in [-0.4, -0.2) is 34.6 Å². The summed E-state index contributed by atoms with van der Waals surface area (Å²) in [6.45, 7) is 6.75. The SMILES string of the molecule is CC1(C)CN(c2nccc(CNC3CC3)c2F)CCS1. The Balaban J connectivity index is 1.76. The number of anilines is 1. The van der Waals surface area contributed by atoms with Crippen molar-refractivity contribution in [2.75, 3.05) is 23.7 Å². The molecule has 5 heteroatoms. The lowest BCUT2D eigenvalue weighted by Gasteiger charge is -2.38. The molecule has 0 radical (unpaired) electrons. The van der Waals surface area contributed by atoms with Gasteiger partial charge in [0.25, 0.3) is 0 Å². The topological polar surface area (TPSA) is 28.2 Å². The van der Waals surface area contributed by atoms with Crippen molar-refractivity contribution in [2.24, 2.45) is 0 Å². The minimum atomic E-state index is -0.150. The number of pyridine rings is 1. The van der Waals surface area contributed by atoms with E-state index in [1.165, 1.54) is 12.8 Å². The molecule has 2 aliphatic rings. The van der Waals surface area contributed by atoms with E-state index in [1.807, 2.05) is 11.8 Å². The maximum atomic E-state index is 14.6. The zero-order chi connectivity index (χ0) is 14.2. The van der Waals surface area contributed by atoms with Crippen molar-refractivity contribution in [1.82, 2.24) is 10.3 Å². The van der Waals surface area contributed by atoms with Crippen molar-refractivity contribution in [3.8, 4) is 0 Å². The molecule has 0 aromatic carbocycles. The van der Waals surface area contributed by atoms with E-state index in [9.17, 15) is 4.39 Å². The Hall–Kier alpha value is -0.810. The standard InChI is InChI=1S/C15H22FN3S/c1-15(2)10-19(7-8-20-15)14-13(16)11(5-6-17-14)9-18-12-3-4-12/h5-6,12,18H,3-4,7-10H2,1-2H3. The van der Waals surface area contributed by atoms with Crippen LogP contribution in [0.3, 0.4) is 0 Å². The monoisotopic (exact) mass is 295 g/mol. The molecule has 0 spiro atoms. The van der Waals surface area contributed by atoms with Gasteiger partial charge in [-0.2, -0.15) is 11.8 Å². The van der Waals surface area contributed by atoms with E-state index in [1.54, 1.807) is 12.3 Å². The Morgan fingerprint density at radius 1 is 1.50 bits per heavy atom. The third kappa shape index (κ3) is 3.26. The van der Waals surface area contributed by atoms with Gasteiger partial charge in [0, 0.05) is 47.9 Å². The number of nitrogens with zero attached hydrogens (tertiary/aromatic N) is 2. The van der Waals surface area contributed by atoms with Gasteiger partial charge in [-0.3, -0.25) is 0 Å². The predicted octanol–water partition coefficient (Wildman–Crippen LogP) is 2.80. The molecule has 20 heavy (non-hydrogen) atoms. The Morgan fingerprint density at radius 2 is 2.30 bits per heavy atom. The van der Waals surface area contributed by atoms with Gasteiger partial charge in [-0.1, -0.05) is 0 Å². The molecular formula is C15H22FN3S. The highest BCUT2D eigenvalue weighted by atomic mass is 32.2. The van der Waals surface area contributed by atoms with Gasteiger partial charge in [0.05, 0.1) is 0 Å². The van der Waals surface area contributed by atoms with Crippen molar-refractivity contribution < 1.29 is 4.39 Å². The number of halogens is 1. The van der Waals surface area contributed by atoms with E-state index < -0.39 is 0 Å². The molecule has 1 N–H and O–H groups in total. The van der Waals surface area contributed by atoms with Gasteiger partial charge >= 0.3 is 0 Å². The third-order valence-electron chi connectivity index (χ3n) is 3.83. The second kappa shape index (κ2) is 5.53. The van der Waals surface area contributed by atoms with E-state index in [0.29, 0.717) is 18.4 Å². The van der Waals surface area contributed by atoms with Gasteiger partial charge in [-0.25, -0.2) is 9.37 Å². The van der Waals surface area contributed by atoms with Crippen LogP contribution < -0.4 is 10.2 Å². The van der Waals surface area contributed by atoms with Crippen LogP contribution in [0.2, 0.25) is 0 Å². The van der Waals surface area contributed by atoms with Crippen LogP contribution in [0.25, 0.3) is 0 Å². The first kappa shape index (κ1) is 14.1. The summed E-state index contributed by atoms with van der Waals surface area (Å²) in [6.07, 6.45) is 4.17. The highest BCUT2D eigenvalue weighted by molar-refractivity contribution is 8.00. The Morgan fingerprint density at radius 3 is 3.00 bits per heavy atom. The highest BCUT2D eigenvalue weighted by Crippen LogP contribution is 2.33. The smallest absolute Gasteiger partial charge is 0.170 e. The molecule has 1 aromatic rings. The number of aromatic nitrogens is 1. The van der Waals surface area contributed by atoms with E-state index in [4.69, 9.17) is 0 Å². The lowest BCUT2D eigenvalue weighted by molar-refractivity contribution is 0.563. The van der Waals surface area contributed by atoms with Crippen molar-refractivity contribution in [3.05, 3.63) is 23.6 Å². The number of nitrogens with one attached hydrogen (secondary N) is 1. The molecule has 2 fully saturated rings. The summed E-state index contributed by atoms with van der Waals surface area (Å²) in [7, 11) is 0. The van der Waals surface area contributed by atoms with Gasteiger partial charge in [0.2, 0.25) is 0 Å². The van der Waals surface area contributed by atoms with Crippen molar-refractivity contribution in [1.29, 1.82) is 0 Å². The van der Waals surface area contributed by atoms with Gasteiger partial charge in [-0.05, 0) is 32.8 Å². The van der Waals surface area contributed by atoms with Gasteiger partial charge in [0.1, 0.15) is 0 Å². The minimum absolute atomic E-state index is 0.150. The number of rotatable bonds is 4. The van der Waals surface area contributed by atoms with E-state index in [0.717, 1.165) is 24.4 Å². The quantitative estimate of drug-likeness (QED) is 0.924. The van der Waals surface area contributed by atoms with Gasteiger partial charge in [0.15, 0.2) is 11.6 Å². The van der Waals surface area contributed by atoms with Crippen LogP contribution in [0.5, 0.6) is 0 Å². The first-order valence-electron chi connectivity index (χ1n) is 7.31. The Bertz CT molecular complexity index is 488. The molecule has 0 bridgehead atoms. The van der Waals surface area contributed by atoms with Crippen molar-refractivity contribution in [2.45, 2.75) is 44.0 Å². The summed E-state index contributed by atoms with van der Waals surface area (Å²) in [6, 6.07) is 2.38. The summed E-state index contributed by atoms with van der Waals surface area (Å²) in [5, 5.41) is 3.37. The molecule has 110 valence electrons. The van der Waals surface area contributed by atoms with Crippen LogP contribution >= 0.6 is 11.8 Å². The fourth-order valence-electron chi connectivity index (χ4n) is 2.57. The van der Waals surface area contributed by atoms with Crippen LogP contribution in [0.15, 0.2) is 12.3 Å². The first-order valence-corrected chi connectivity index (χ1v) is 8.29. The average Bonchev–Trinajstić information content (AvgIpc) is 3.20. The maximum Gasteiger partial charge on any atom is 0.170 e. The molecule has 0 unspecified atom stereocenters. The van der Waals surface area contributed by atoms with Crippen molar-refractivity contribution >= 4 is 17.6 Å². The molecule has 2 heterocycles. The fraction of sp³-hybridized carbons (Fsp3) is 0.667. The Labute approximate surface area is 124 Å². The van der Waals surface area contributed by atoms with Gasteiger partial charge < -0.3 is 10.2 Å². The zero-order valence-corrected chi connectivity index (χ0v) is 13.0. The lowest BCUT2D eigenvalue weighted by atomic mass is 10.1. The summed E-state index contributed by atoms with van der Waals surface area (Å²) in [5.74, 6) is 1.40. The Kier molecular flexibility index (Phi) is 3.91. The molecule has 1 aliphatic heterocycles. The third-order valence-corrected chi connectivity index (χ3v) is 5.13. The molecule has 1 aliphatic carbocycles. The fourth-order valence-corrected chi connectivity index (χ4v) is 3.68. The lowest BCUT2D eigenvalue weighted by Crippen LogP contribution is -2.44. The zero-order valence-electron chi connectivity index (χ0n) is 12.2. The second-order valence-corrected chi connectivity index (χ2v) is 8.09. The second-order valence-electron chi connectivity index (χ2n) is 6.29. The molecule has 0 amide bonds. The molecule has 1 saturated carbocycles. The predicted molar refractivity (Wildman–Crippen MR) is 82.8 cm³/mol. The van der Waals surface area contributed by atoms with Crippen LogP contribution in [0.4, 0.5) is 10.2 Å². The summed E-state index contributed by atoms with van der Waals surface area (Å²) >= 11 is 1.95. The normalized spacial score (nSPS) is 22.1. The van der Waals surface area contributed by atoms with E-state index in [-0.39, 0.29) is 10.6 Å². The molecule has 3 rings (SSSR count). The van der Waals surface area contributed by atoms with Gasteiger partial charge in [-0.15, -0.1) is 0 Å². The molecular weight excluding hydrogens is 273 g/mol. The summed E-state index contributed by atoms with van der Waals surface area (Å²) in [5.41, 5.74) is 0.734. The first-order chi connectivity index (χ1) is 9.55. The van der Waals surface area contributed by atoms with Crippen LogP contribution in [-0.2, 0) is 6.54 Å². The average molecular weight is 295 g/mol. The number of hydrogen-bond acceptors (Lipinski definition) is 4. The maximum absolute atomic E-state index is 14.6. The van der Waals surface area contributed by atoms with E-state index in [2.05, 4.69) is 29.0 Å². The molecule has 0 atom stereocenters. The number of hydrogen-bond donors (Lipinski definition) is 1. The molecule has 1 saturated heterocycles. The van der Waals surface area contributed by atoms with Crippen LogP contribution in [0, 0.1) is 5.82 Å². The number of thioether (sulfide) groups is 1. The van der Waals surface area contributed by atoms with Crippen molar-refractivity contribution in [3.63, 3.8) is 0 Å². The van der Waals surface area contributed by atoms with E-state index >= 15 is 0 Å². The summed E-state index contributed by atoms with van der Waals surface area (Å²) < 4.78 is 14.8.